The molecule has 8 nitrogen and oxygen atoms in total. The zero-order chi connectivity index (χ0) is 18.0. The number of aromatic nitrogens is 4. The van der Waals surface area contributed by atoms with Crippen molar-refractivity contribution >= 4 is 11.0 Å². The van der Waals surface area contributed by atoms with Crippen molar-refractivity contribution in [3.05, 3.63) is 22.4 Å². The number of fused-ring (bicyclic) bond motifs is 1. The third kappa shape index (κ3) is 3.89. The van der Waals surface area contributed by atoms with Crippen LogP contribution in [0.1, 0.15) is 26.6 Å². The van der Waals surface area contributed by atoms with Crippen LogP contribution in [0.5, 0.6) is 0 Å². The summed E-state index contributed by atoms with van der Waals surface area (Å²) in [4.78, 5) is 23.4. The average molecular weight is 344 g/mol. The van der Waals surface area contributed by atoms with Crippen molar-refractivity contribution in [1.29, 1.82) is 5.26 Å². The molecule has 134 valence electrons. The van der Waals surface area contributed by atoms with Gasteiger partial charge in [0.25, 0.3) is 5.56 Å². The highest BCUT2D eigenvalue weighted by molar-refractivity contribution is 5.73. The van der Waals surface area contributed by atoms with Crippen molar-refractivity contribution < 1.29 is 4.74 Å². The lowest BCUT2D eigenvalue weighted by Crippen LogP contribution is -2.40. The summed E-state index contributed by atoms with van der Waals surface area (Å²) in [6.45, 7) is 11.6. The van der Waals surface area contributed by atoms with Crippen LogP contribution in [0.3, 0.4) is 0 Å². The van der Waals surface area contributed by atoms with Crippen molar-refractivity contribution in [2.75, 3.05) is 32.8 Å². The fourth-order valence-corrected chi connectivity index (χ4v) is 3.03. The summed E-state index contributed by atoms with van der Waals surface area (Å²) in [7, 11) is 0. The summed E-state index contributed by atoms with van der Waals surface area (Å²) in [5.74, 6) is 0.0838. The number of rotatable bonds is 4. The smallest absolute Gasteiger partial charge is 0.277 e. The first-order valence-electron chi connectivity index (χ1n) is 8.55. The van der Waals surface area contributed by atoms with Gasteiger partial charge in [-0.25, -0.2) is 9.67 Å². The first-order valence-corrected chi connectivity index (χ1v) is 8.55. The minimum atomic E-state index is -0.100. The average Bonchev–Trinajstić information content (AvgIpc) is 2.84. The standard InChI is InChI=1S/C17H24N6O2/c1-17(2,3)12-23-15-13(11-19-14(10-18)20-15)16(24)22(23)5-4-21-6-8-25-9-7-21/h11H,4-9,12H2,1-3H3. The molecule has 0 N–H and O–H groups in total. The number of morpholine rings is 1. The molecule has 0 amide bonds. The van der Waals surface area contributed by atoms with E-state index in [1.807, 2.05) is 10.8 Å². The highest BCUT2D eigenvalue weighted by Gasteiger charge is 2.21. The SMILES string of the molecule is CC(C)(C)Cn1c2nc(C#N)ncc2c(=O)n1CCN1CCOCC1. The van der Waals surface area contributed by atoms with Gasteiger partial charge in [-0.2, -0.15) is 10.2 Å². The van der Waals surface area contributed by atoms with Crippen LogP contribution in [0.15, 0.2) is 11.0 Å². The summed E-state index contributed by atoms with van der Waals surface area (Å²) < 4.78 is 9.02. The van der Waals surface area contributed by atoms with E-state index in [0.717, 1.165) is 32.8 Å². The monoisotopic (exact) mass is 344 g/mol. The molecular weight excluding hydrogens is 320 g/mol. The van der Waals surface area contributed by atoms with E-state index in [-0.39, 0.29) is 16.8 Å². The summed E-state index contributed by atoms with van der Waals surface area (Å²) in [5, 5.41) is 9.55. The first kappa shape index (κ1) is 17.6. The van der Waals surface area contributed by atoms with E-state index in [0.29, 0.717) is 24.1 Å². The number of nitrogens with zero attached hydrogens (tertiary/aromatic N) is 6. The molecule has 0 bridgehead atoms. The fraction of sp³-hybridized carbons (Fsp3) is 0.647. The van der Waals surface area contributed by atoms with Gasteiger partial charge >= 0.3 is 0 Å². The summed E-state index contributed by atoms with van der Waals surface area (Å²) >= 11 is 0. The van der Waals surface area contributed by atoms with E-state index in [9.17, 15) is 4.79 Å². The maximum atomic E-state index is 12.8. The fourth-order valence-electron chi connectivity index (χ4n) is 3.03. The summed E-state index contributed by atoms with van der Waals surface area (Å²) in [6, 6.07) is 1.95. The molecule has 0 saturated carbocycles. The molecule has 3 rings (SSSR count). The second-order valence-electron chi connectivity index (χ2n) is 7.54. The predicted molar refractivity (Wildman–Crippen MR) is 93.2 cm³/mol. The quantitative estimate of drug-likeness (QED) is 0.817. The third-order valence-electron chi connectivity index (χ3n) is 4.23. The minimum absolute atomic E-state index is 0.0309. The van der Waals surface area contributed by atoms with E-state index < -0.39 is 0 Å². The third-order valence-corrected chi connectivity index (χ3v) is 4.23. The molecule has 8 heteroatoms. The van der Waals surface area contributed by atoms with Crippen LogP contribution in [-0.2, 0) is 17.8 Å². The maximum Gasteiger partial charge on any atom is 0.277 e. The molecule has 0 atom stereocenters. The Hall–Kier alpha value is -2.24. The Morgan fingerprint density at radius 1 is 1.24 bits per heavy atom. The van der Waals surface area contributed by atoms with Crippen LogP contribution in [0.2, 0.25) is 0 Å². The lowest BCUT2D eigenvalue weighted by atomic mass is 9.97. The van der Waals surface area contributed by atoms with Gasteiger partial charge in [0, 0.05) is 32.4 Å². The number of nitriles is 1. The van der Waals surface area contributed by atoms with E-state index >= 15 is 0 Å². The Bertz CT molecular complexity index is 849. The zero-order valence-corrected chi connectivity index (χ0v) is 15.0. The molecule has 0 unspecified atom stereocenters. The largest absolute Gasteiger partial charge is 0.379 e. The highest BCUT2D eigenvalue weighted by Crippen LogP contribution is 2.19. The van der Waals surface area contributed by atoms with Gasteiger partial charge < -0.3 is 4.74 Å². The highest BCUT2D eigenvalue weighted by atomic mass is 16.5. The van der Waals surface area contributed by atoms with Gasteiger partial charge in [0.05, 0.1) is 19.8 Å². The van der Waals surface area contributed by atoms with Crippen LogP contribution < -0.4 is 5.56 Å². The van der Waals surface area contributed by atoms with Crippen molar-refractivity contribution in [3.63, 3.8) is 0 Å². The number of hydrogen-bond acceptors (Lipinski definition) is 6. The van der Waals surface area contributed by atoms with Gasteiger partial charge in [-0.1, -0.05) is 20.8 Å². The van der Waals surface area contributed by atoms with Gasteiger partial charge in [0.15, 0.2) is 5.65 Å². The van der Waals surface area contributed by atoms with E-state index in [1.165, 1.54) is 6.20 Å². The molecule has 3 heterocycles. The van der Waals surface area contributed by atoms with Crippen LogP contribution >= 0.6 is 0 Å². The van der Waals surface area contributed by atoms with Gasteiger partial charge in [-0.05, 0) is 5.41 Å². The Labute approximate surface area is 146 Å². The van der Waals surface area contributed by atoms with Crippen molar-refractivity contribution in [2.24, 2.45) is 5.41 Å². The van der Waals surface area contributed by atoms with Crippen molar-refractivity contribution in [2.45, 2.75) is 33.9 Å². The predicted octanol–water partition coefficient (Wildman–Crippen LogP) is 0.843. The molecule has 1 aliphatic heterocycles. The molecule has 25 heavy (non-hydrogen) atoms. The minimum Gasteiger partial charge on any atom is -0.379 e. The Morgan fingerprint density at radius 2 is 1.96 bits per heavy atom. The normalized spacial score (nSPS) is 16.2. The molecule has 0 radical (unpaired) electrons. The molecular formula is C17H24N6O2. The Morgan fingerprint density at radius 3 is 2.60 bits per heavy atom. The van der Waals surface area contributed by atoms with Gasteiger partial charge in [-0.15, -0.1) is 0 Å². The van der Waals surface area contributed by atoms with Gasteiger partial charge in [0.2, 0.25) is 5.82 Å². The molecule has 1 aliphatic rings. The van der Waals surface area contributed by atoms with Crippen LogP contribution in [-0.4, -0.2) is 57.1 Å². The molecule has 0 aliphatic carbocycles. The molecule has 0 aromatic carbocycles. The van der Waals surface area contributed by atoms with Crippen LogP contribution in [0, 0.1) is 16.7 Å². The van der Waals surface area contributed by atoms with E-state index in [4.69, 9.17) is 10.00 Å². The van der Waals surface area contributed by atoms with E-state index in [1.54, 1.807) is 4.68 Å². The molecule has 2 aromatic rings. The molecule has 1 fully saturated rings. The topological polar surface area (TPSA) is 89.0 Å². The lowest BCUT2D eigenvalue weighted by molar-refractivity contribution is 0.0352. The Kier molecular flexibility index (Phi) is 4.88. The molecule has 0 spiro atoms. The molecule has 1 saturated heterocycles. The zero-order valence-electron chi connectivity index (χ0n) is 15.0. The Balaban J connectivity index is 1.99. The molecule has 2 aromatic heterocycles. The van der Waals surface area contributed by atoms with Crippen LogP contribution in [0.4, 0.5) is 0 Å². The first-order chi connectivity index (χ1) is 11.9. The van der Waals surface area contributed by atoms with Crippen LogP contribution in [0.25, 0.3) is 11.0 Å². The number of ether oxygens (including phenoxy) is 1. The van der Waals surface area contributed by atoms with Gasteiger partial charge in [0.1, 0.15) is 11.5 Å². The van der Waals surface area contributed by atoms with E-state index in [2.05, 4.69) is 35.6 Å². The second-order valence-corrected chi connectivity index (χ2v) is 7.54. The van der Waals surface area contributed by atoms with Crippen molar-refractivity contribution in [3.8, 4) is 6.07 Å². The summed E-state index contributed by atoms with van der Waals surface area (Å²) in [5.41, 5.74) is 0.405. The van der Waals surface area contributed by atoms with Crippen molar-refractivity contribution in [1.82, 2.24) is 24.2 Å². The number of hydrogen-bond donors (Lipinski definition) is 0. The maximum absolute atomic E-state index is 12.8. The lowest BCUT2D eigenvalue weighted by Gasteiger charge is -2.27. The van der Waals surface area contributed by atoms with Gasteiger partial charge in [-0.3, -0.25) is 14.4 Å². The summed E-state index contributed by atoms with van der Waals surface area (Å²) in [6.07, 6.45) is 1.47. The second kappa shape index (κ2) is 6.94.